The fourth-order valence-corrected chi connectivity index (χ4v) is 3.05. The maximum absolute atomic E-state index is 14.0. The number of nitrogens with one attached hydrogen (secondary N) is 1. The number of urea groups is 1. The minimum Gasteiger partial charge on any atom is -0.390 e. The van der Waals surface area contributed by atoms with Crippen molar-refractivity contribution in [2.45, 2.75) is 45.4 Å². The van der Waals surface area contributed by atoms with Crippen molar-refractivity contribution >= 4 is 11.7 Å². The molecule has 28 heavy (non-hydrogen) atoms. The quantitative estimate of drug-likeness (QED) is 0.836. The van der Waals surface area contributed by atoms with Crippen molar-refractivity contribution in [1.82, 2.24) is 10.2 Å². The zero-order valence-electron chi connectivity index (χ0n) is 16.5. The van der Waals surface area contributed by atoms with Crippen LogP contribution in [0, 0.1) is 5.82 Å². The van der Waals surface area contributed by atoms with Crippen LogP contribution in [-0.4, -0.2) is 34.8 Å². The van der Waals surface area contributed by atoms with Gasteiger partial charge in [-0.3, -0.25) is 0 Å². The predicted octanol–water partition coefficient (Wildman–Crippen LogP) is 4.33. The smallest absolute Gasteiger partial charge is 0.318 e. The standard InChI is InChI=1S/C22H26FN3O2/c1-22(2,3)24-21(27)26(14-16-9-5-4-6-10-16)15-17-13-20(25-28-17)18-11-7-8-12-19(18)23/h4-12,17H,13-15H2,1-3H3,(H,24,27)/t17-/m0/s1. The Bertz CT molecular complexity index is 846. The van der Waals surface area contributed by atoms with Crippen LogP contribution < -0.4 is 5.32 Å². The Kier molecular flexibility index (Phi) is 5.97. The lowest BCUT2D eigenvalue weighted by Gasteiger charge is -2.29. The molecule has 2 amide bonds. The Morgan fingerprint density at radius 1 is 1.18 bits per heavy atom. The fraction of sp³-hybridized carbons (Fsp3) is 0.364. The third-order valence-corrected chi connectivity index (χ3v) is 4.33. The number of hydrogen-bond acceptors (Lipinski definition) is 3. The van der Waals surface area contributed by atoms with Crippen LogP contribution in [0.1, 0.15) is 38.3 Å². The van der Waals surface area contributed by atoms with Crippen LogP contribution in [-0.2, 0) is 11.4 Å². The molecule has 0 unspecified atom stereocenters. The number of halogens is 1. The first-order valence-electron chi connectivity index (χ1n) is 9.40. The normalized spacial score (nSPS) is 16.3. The van der Waals surface area contributed by atoms with Gasteiger partial charge in [0, 0.05) is 24.1 Å². The number of carbonyl (C=O) groups excluding carboxylic acids is 1. The van der Waals surface area contributed by atoms with Gasteiger partial charge in [-0.15, -0.1) is 0 Å². The van der Waals surface area contributed by atoms with Gasteiger partial charge in [-0.05, 0) is 32.4 Å². The minimum absolute atomic E-state index is 0.167. The largest absolute Gasteiger partial charge is 0.390 e. The number of rotatable bonds is 5. The third kappa shape index (κ3) is 5.31. The molecule has 1 N–H and O–H groups in total. The zero-order chi connectivity index (χ0) is 20.1. The van der Waals surface area contributed by atoms with E-state index in [0.29, 0.717) is 30.8 Å². The van der Waals surface area contributed by atoms with Gasteiger partial charge >= 0.3 is 6.03 Å². The first-order chi connectivity index (χ1) is 13.3. The molecule has 6 heteroatoms. The van der Waals surface area contributed by atoms with E-state index in [-0.39, 0.29) is 23.5 Å². The molecule has 0 radical (unpaired) electrons. The van der Waals surface area contributed by atoms with Gasteiger partial charge in [-0.25, -0.2) is 9.18 Å². The molecule has 0 fully saturated rings. The minimum atomic E-state index is -0.350. The van der Waals surface area contributed by atoms with E-state index in [0.717, 1.165) is 5.56 Å². The number of hydrogen-bond donors (Lipinski definition) is 1. The molecule has 1 atom stereocenters. The Hall–Kier alpha value is -2.89. The summed E-state index contributed by atoms with van der Waals surface area (Å²) < 4.78 is 14.0. The van der Waals surface area contributed by atoms with Gasteiger partial charge in [0.2, 0.25) is 0 Å². The van der Waals surface area contributed by atoms with Gasteiger partial charge in [-0.2, -0.15) is 0 Å². The maximum atomic E-state index is 14.0. The van der Waals surface area contributed by atoms with Crippen molar-refractivity contribution in [3.8, 4) is 0 Å². The number of nitrogens with zero attached hydrogens (tertiary/aromatic N) is 2. The summed E-state index contributed by atoms with van der Waals surface area (Å²) in [5.41, 5.74) is 1.69. The monoisotopic (exact) mass is 383 g/mol. The average molecular weight is 383 g/mol. The number of amides is 2. The van der Waals surface area contributed by atoms with Crippen LogP contribution in [0.2, 0.25) is 0 Å². The highest BCUT2D eigenvalue weighted by atomic mass is 19.1. The molecule has 0 aliphatic carbocycles. The van der Waals surface area contributed by atoms with Crippen LogP contribution >= 0.6 is 0 Å². The maximum Gasteiger partial charge on any atom is 0.318 e. The number of carbonyl (C=O) groups is 1. The lowest BCUT2D eigenvalue weighted by Crippen LogP contribution is -2.50. The van der Waals surface area contributed by atoms with E-state index in [2.05, 4.69) is 10.5 Å². The second kappa shape index (κ2) is 8.42. The summed E-state index contributed by atoms with van der Waals surface area (Å²) in [5.74, 6) is -0.322. The Morgan fingerprint density at radius 3 is 2.54 bits per heavy atom. The van der Waals surface area contributed by atoms with Crippen LogP contribution in [0.4, 0.5) is 9.18 Å². The molecule has 0 bridgehead atoms. The molecule has 148 valence electrons. The highest BCUT2D eigenvalue weighted by Crippen LogP contribution is 2.20. The molecular weight excluding hydrogens is 357 g/mol. The Morgan fingerprint density at radius 2 is 1.86 bits per heavy atom. The molecule has 0 spiro atoms. The van der Waals surface area contributed by atoms with E-state index >= 15 is 0 Å². The molecule has 2 aromatic carbocycles. The van der Waals surface area contributed by atoms with Gasteiger partial charge in [0.25, 0.3) is 0 Å². The first kappa shape index (κ1) is 19.9. The van der Waals surface area contributed by atoms with Gasteiger partial charge in [0.1, 0.15) is 5.82 Å². The van der Waals surface area contributed by atoms with Crippen molar-refractivity contribution in [2.75, 3.05) is 6.54 Å². The van der Waals surface area contributed by atoms with Crippen molar-refractivity contribution in [2.24, 2.45) is 5.16 Å². The average Bonchev–Trinajstić information content (AvgIpc) is 3.09. The van der Waals surface area contributed by atoms with Gasteiger partial charge in [-0.1, -0.05) is 53.7 Å². The second-order valence-corrected chi connectivity index (χ2v) is 8.00. The lowest BCUT2D eigenvalue weighted by atomic mass is 10.0. The zero-order valence-corrected chi connectivity index (χ0v) is 16.5. The van der Waals surface area contributed by atoms with Gasteiger partial charge in [0.05, 0.1) is 12.3 Å². The predicted molar refractivity (Wildman–Crippen MR) is 108 cm³/mol. The van der Waals surface area contributed by atoms with Crippen LogP contribution in [0.25, 0.3) is 0 Å². The fourth-order valence-electron chi connectivity index (χ4n) is 3.05. The van der Waals surface area contributed by atoms with E-state index < -0.39 is 0 Å². The van der Waals surface area contributed by atoms with E-state index in [1.165, 1.54) is 6.07 Å². The molecule has 0 saturated carbocycles. The highest BCUT2D eigenvalue weighted by molar-refractivity contribution is 6.01. The van der Waals surface area contributed by atoms with E-state index in [1.807, 2.05) is 51.1 Å². The molecule has 0 saturated heterocycles. The van der Waals surface area contributed by atoms with Crippen molar-refractivity contribution in [1.29, 1.82) is 0 Å². The molecule has 3 rings (SSSR count). The van der Waals surface area contributed by atoms with Crippen LogP contribution in [0.15, 0.2) is 59.8 Å². The summed E-state index contributed by atoms with van der Waals surface area (Å²) in [6.07, 6.45) is 0.138. The molecule has 2 aromatic rings. The van der Waals surface area contributed by atoms with Crippen molar-refractivity contribution in [3.05, 3.63) is 71.5 Å². The van der Waals surface area contributed by atoms with Crippen LogP contribution in [0.5, 0.6) is 0 Å². The highest BCUT2D eigenvalue weighted by Gasteiger charge is 2.29. The molecule has 0 aromatic heterocycles. The number of oxime groups is 1. The summed E-state index contributed by atoms with van der Waals surface area (Å²) in [4.78, 5) is 20.1. The number of benzene rings is 2. The summed E-state index contributed by atoms with van der Waals surface area (Å²) in [7, 11) is 0. The van der Waals surface area contributed by atoms with Crippen LogP contribution in [0.3, 0.4) is 0 Å². The second-order valence-electron chi connectivity index (χ2n) is 8.00. The summed E-state index contributed by atoms with van der Waals surface area (Å²) >= 11 is 0. The summed E-state index contributed by atoms with van der Waals surface area (Å²) in [6.45, 7) is 6.64. The Labute approximate surface area is 165 Å². The summed E-state index contributed by atoms with van der Waals surface area (Å²) in [6, 6.07) is 16.1. The SMILES string of the molecule is CC(C)(C)NC(=O)N(Cc1ccccc1)C[C@@H]1CC(c2ccccc2F)=NO1. The topological polar surface area (TPSA) is 53.9 Å². The van der Waals surface area contributed by atoms with Gasteiger partial charge in [0.15, 0.2) is 6.10 Å². The van der Waals surface area contributed by atoms with E-state index in [4.69, 9.17) is 4.84 Å². The third-order valence-electron chi connectivity index (χ3n) is 4.33. The lowest BCUT2D eigenvalue weighted by molar-refractivity contribution is 0.0580. The molecule has 1 aliphatic heterocycles. The summed E-state index contributed by atoms with van der Waals surface area (Å²) in [5, 5.41) is 7.06. The molecule has 1 heterocycles. The molecular formula is C22H26FN3O2. The molecule has 1 aliphatic rings. The van der Waals surface area contributed by atoms with E-state index in [9.17, 15) is 9.18 Å². The van der Waals surface area contributed by atoms with E-state index in [1.54, 1.807) is 23.1 Å². The van der Waals surface area contributed by atoms with Crippen molar-refractivity contribution < 1.29 is 14.0 Å². The van der Waals surface area contributed by atoms with Gasteiger partial charge < -0.3 is 15.1 Å². The van der Waals surface area contributed by atoms with Crippen molar-refractivity contribution in [3.63, 3.8) is 0 Å². The first-order valence-corrected chi connectivity index (χ1v) is 9.40. The molecule has 5 nitrogen and oxygen atoms in total. The Balaban J connectivity index is 1.69.